The minimum Gasteiger partial charge on any atom is -0.436 e. The molecule has 1 saturated heterocycles. The maximum Gasteiger partial charge on any atom is 0.304 e. The summed E-state index contributed by atoms with van der Waals surface area (Å²) in [4.78, 5) is 36.0. The predicted octanol–water partition coefficient (Wildman–Crippen LogP) is 2.58. The first kappa shape index (κ1) is 20.4. The summed E-state index contributed by atoms with van der Waals surface area (Å²) in [6.45, 7) is 8.39. The van der Waals surface area contributed by atoms with E-state index in [4.69, 9.17) is 14.2 Å². The summed E-state index contributed by atoms with van der Waals surface area (Å²) in [5.74, 6) is -2.08. The third-order valence-electron chi connectivity index (χ3n) is 5.70. The van der Waals surface area contributed by atoms with Crippen LogP contribution in [0.1, 0.15) is 53.9 Å². The van der Waals surface area contributed by atoms with Crippen LogP contribution in [0, 0.1) is 40.4 Å². The summed E-state index contributed by atoms with van der Waals surface area (Å²) in [6, 6.07) is 2.35. The van der Waals surface area contributed by atoms with Crippen LogP contribution in [0.25, 0.3) is 0 Å². The molecule has 2 rings (SSSR count). The highest BCUT2D eigenvalue weighted by molar-refractivity contribution is 5.83. The molecule has 1 aliphatic carbocycles. The first-order valence-corrected chi connectivity index (χ1v) is 9.00. The molecule has 7 heteroatoms. The lowest BCUT2D eigenvalue weighted by atomic mass is 9.63. The zero-order valence-corrected chi connectivity index (χ0v) is 16.0. The molecule has 0 radical (unpaired) electrons. The highest BCUT2D eigenvalue weighted by Gasteiger charge is 2.58. The molecular weight excluding hydrogens is 338 g/mol. The van der Waals surface area contributed by atoms with Crippen LogP contribution in [0.2, 0.25) is 0 Å². The number of nitrogens with zero attached hydrogens (tertiary/aromatic N) is 1. The minimum absolute atomic E-state index is 0.0692. The Morgan fingerprint density at radius 3 is 2.38 bits per heavy atom. The zero-order chi connectivity index (χ0) is 19.6. The number of rotatable bonds is 3. The number of hydrogen-bond donors (Lipinski definition) is 0. The standard InChI is InChI=1S/C19H27NO6/c1-10(2)13-6-14(9-20)19(5)8-16(24-11(3)21)26-18(25-12(4)22)17(19)15(23)7-13/h10,13-14,16-18H,6-8H2,1-5H3/t13-,14+,16+,17?,18+,19+/m1/s1. The van der Waals surface area contributed by atoms with Crippen molar-refractivity contribution in [2.24, 2.45) is 29.1 Å². The van der Waals surface area contributed by atoms with Gasteiger partial charge in [0.25, 0.3) is 0 Å². The monoisotopic (exact) mass is 365 g/mol. The van der Waals surface area contributed by atoms with Crippen LogP contribution in [0.5, 0.6) is 0 Å². The van der Waals surface area contributed by atoms with Crippen molar-refractivity contribution in [1.82, 2.24) is 0 Å². The first-order chi connectivity index (χ1) is 12.1. The third kappa shape index (κ3) is 4.07. The van der Waals surface area contributed by atoms with Gasteiger partial charge < -0.3 is 14.2 Å². The van der Waals surface area contributed by atoms with Crippen molar-refractivity contribution in [3.8, 4) is 6.07 Å². The molecule has 6 atom stereocenters. The number of hydrogen-bond acceptors (Lipinski definition) is 7. The van der Waals surface area contributed by atoms with E-state index >= 15 is 0 Å². The Kier molecular flexibility index (Phi) is 6.07. The second-order valence-electron chi connectivity index (χ2n) is 7.93. The summed E-state index contributed by atoms with van der Waals surface area (Å²) in [7, 11) is 0. The number of Topliss-reactive ketones (excluding diaryl/α,β-unsaturated/α-hetero) is 1. The quantitative estimate of drug-likeness (QED) is 0.708. The number of ketones is 1. The van der Waals surface area contributed by atoms with Crippen LogP contribution in [-0.2, 0) is 28.6 Å². The molecule has 0 spiro atoms. The van der Waals surface area contributed by atoms with Crippen LogP contribution in [0.3, 0.4) is 0 Å². The molecule has 144 valence electrons. The molecule has 7 nitrogen and oxygen atoms in total. The van der Waals surface area contributed by atoms with Crippen LogP contribution in [0.4, 0.5) is 0 Å². The lowest BCUT2D eigenvalue weighted by molar-refractivity contribution is -0.294. The molecule has 1 heterocycles. The molecule has 0 aromatic rings. The van der Waals surface area contributed by atoms with Crippen molar-refractivity contribution < 1.29 is 28.6 Å². The Labute approximate surface area is 154 Å². The van der Waals surface area contributed by atoms with E-state index < -0.39 is 41.8 Å². The fourth-order valence-electron chi connectivity index (χ4n) is 4.21. The highest BCUT2D eigenvalue weighted by Crippen LogP contribution is 2.53. The van der Waals surface area contributed by atoms with Gasteiger partial charge >= 0.3 is 11.9 Å². The third-order valence-corrected chi connectivity index (χ3v) is 5.70. The normalized spacial score (nSPS) is 37.3. The lowest BCUT2D eigenvalue weighted by Gasteiger charge is -2.47. The molecule has 0 amide bonds. The number of esters is 2. The van der Waals surface area contributed by atoms with Gasteiger partial charge in [-0.1, -0.05) is 20.8 Å². The van der Waals surface area contributed by atoms with Gasteiger partial charge in [-0.3, -0.25) is 14.4 Å². The van der Waals surface area contributed by atoms with Gasteiger partial charge in [-0.15, -0.1) is 0 Å². The Hall–Kier alpha value is -1.94. The average Bonchev–Trinajstić information content (AvgIpc) is 2.59. The van der Waals surface area contributed by atoms with E-state index in [1.54, 1.807) is 0 Å². The smallest absolute Gasteiger partial charge is 0.304 e. The second kappa shape index (κ2) is 7.75. The summed E-state index contributed by atoms with van der Waals surface area (Å²) in [5.41, 5.74) is -0.812. The Morgan fingerprint density at radius 1 is 1.27 bits per heavy atom. The van der Waals surface area contributed by atoms with Gasteiger partial charge in [0, 0.05) is 32.1 Å². The molecule has 2 fully saturated rings. The number of nitriles is 1. The van der Waals surface area contributed by atoms with Crippen LogP contribution < -0.4 is 0 Å². The van der Waals surface area contributed by atoms with Crippen LogP contribution >= 0.6 is 0 Å². The Morgan fingerprint density at radius 2 is 1.88 bits per heavy atom. The molecule has 0 N–H and O–H groups in total. The predicted molar refractivity (Wildman–Crippen MR) is 90.1 cm³/mol. The molecule has 1 unspecified atom stereocenters. The fraction of sp³-hybridized carbons (Fsp3) is 0.789. The van der Waals surface area contributed by atoms with E-state index in [2.05, 4.69) is 6.07 Å². The number of fused-ring (bicyclic) bond motifs is 1. The largest absolute Gasteiger partial charge is 0.436 e. The molecule has 0 bridgehead atoms. The van der Waals surface area contributed by atoms with E-state index in [1.165, 1.54) is 13.8 Å². The van der Waals surface area contributed by atoms with Crippen molar-refractivity contribution in [1.29, 1.82) is 5.26 Å². The Bertz CT molecular complexity index is 624. The van der Waals surface area contributed by atoms with E-state index in [0.29, 0.717) is 12.8 Å². The van der Waals surface area contributed by atoms with Crippen molar-refractivity contribution in [3.63, 3.8) is 0 Å². The SMILES string of the molecule is CC(=O)O[C@@H]1C[C@]2(C)C(C(=O)C[C@H](C(C)C)C[C@H]2C#N)[C@@H](OC(C)=O)O1. The van der Waals surface area contributed by atoms with Crippen molar-refractivity contribution in [2.45, 2.75) is 66.5 Å². The zero-order valence-electron chi connectivity index (χ0n) is 16.0. The summed E-state index contributed by atoms with van der Waals surface area (Å²) in [6.07, 6.45) is -1.02. The van der Waals surface area contributed by atoms with Gasteiger partial charge in [-0.05, 0) is 18.3 Å². The summed E-state index contributed by atoms with van der Waals surface area (Å²) in [5, 5.41) is 9.82. The Balaban J connectivity index is 2.47. The molecule has 1 saturated carbocycles. The number of ether oxygens (including phenoxy) is 3. The van der Waals surface area contributed by atoms with Crippen molar-refractivity contribution >= 4 is 17.7 Å². The van der Waals surface area contributed by atoms with Gasteiger partial charge in [-0.25, -0.2) is 0 Å². The fourth-order valence-corrected chi connectivity index (χ4v) is 4.21. The maximum absolute atomic E-state index is 13.1. The molecule has 26 heavy (non-hydrogen) atoms. The first-order valence-electron chi connectivity index (χ1n) is 9.00. The molecular formula is C19H27NO6. The molecule has 0 aromatic carbocycles. The number of carbonyl (C=O) groups excluding carboxylic acids is 3. The summed E-state index contributed by atoms with van der Waals surface area (Å²) < 4.78 is 16.1. The van der Waals surface area contributed by atoms with E-state index in [0.717, 1.165) is 0 Å². The van der Waals surface area contributed by atoms with Gasteiger partial charge in [0.15, 0.2) is 0 Å². The van der Waals surface area contributed by atoms with Crippen molar-refractivity contribution in [2.75, 3.05) is 0 Å². The summed E-state index contributed by atoms with van der Waals surface area (Å²) >= 11 is 0. The van der Waals surface area contributed by atoms with Gasteiger partial charge in [-0.2, -0.15) is 5.26 Å². The average molecular weight is 365 g/mol. The van der Waals surface area contributed by atoms with E-state index in [-0.39, 0.29) is 24.0 Å². The van der Waals surface area contributed by atoms with Gasteiger partial charge in [0.1, 0.15) is 5.78 Å². The topological polar surface area (TPSA) is 103 Å². The van der Waals surface area contributed by atoms with E-state index in [9.17, 15) is 19.6 Å². The highest BCUT2D eigenvalue weighted by atomic mass is 16.8. The molecule has 0 aromatic heterocycles. The van der Waals surface area contributed by atoms with E-state index in [1.807, 2.05) is 20.8 Å². The lowest BCUT2D eigenvalue weighted by Crippen LogP contribution is -2.54. The van der Waals surface area contributed by atoms with Crippen molar-refractivity contribution in [3.05, 3.63) is 0 Å². The van der Waals surface area contributed by atoms with Gasteiger partial charge in [0.05, 0.1) is 17.9 Å². The van der Waals surface area contributed by atoms with Crippen LogP contribution in [-0.4, -0.2) is 30.3 Å². The van der Waals surface area contributed by atoms with Gasteiger partial charge in [0.2, 0.25) is 12.6 Å². The minimum atomic E-state index is -1.16. The molecule has 1 aliphatic heterocycles. The number of carbonyl (C=O) groups is 3. The maximum atomic E-state index is 13.1. The second-order valence-corrected chi connectivity index (χ2v) is 7.93. The van der Waals surface area contributed by atoms with Crippen LogP contribution in [0.15, 0.2) is 0 Å². The molecule has 2 aliphatic rings.